The zero-order valence-electron chi connectivity index (χ0n) is 11.1. The van der Waals surface area contributed by atoms with E-state index in [-0.39, 0.29) is 11.7 Å². The zero-order valence-corrected chi connectivity index (χ0v) is 11.1. The molecule has 0 unspecified atom stereocenters. The smallest absolute Gasteiger partial charge is 0.287 e. The third kappa shape index (κ3) is 5.33. The minimum atomic E-state index is -0.234. The largest absolute Gasteiger partial charge is 0.455 e. The average Bonchev–Trinajstić information content (AvgIpc) is 2.81. The predicted molar refractivity (Wildman–Crippen MR) is 69.2 cm³/mol. The third-order valence-electron chi connectivity index (χ3n) is 2.46. The molecule has 0 aromatic carbocycles. The lowest BCUT2D eigenvalue weighted by Crippen LogP contribution is -2.27. The quantitative estimate of drug-likeness (QED) is 0.690. The first kappa shape index (κ1) is 14.7. The van der Waals surface area contributed by atoms with Gasteiger partial charge in [-0.2, -0.15) is 0 Å². The first-order valence-corrected chi connectivity index (χ1v) is 6.28. The summed E-state index contributed by atoms with van der Waals surface area (Å²) < 4.78 is 10.6. The van der Waals surface area contributed by atoms with Gasteiger partial charge in [0, 0.05) is 13.2 Å². The SMILES string of the molecule is CC(C)CCOCCNC(=O)c1ccc(CN)o1. The molecule has 1 rings (SSSR count). The number of amides is 1. The summed E-state index contributed by atoms with van der Waals surface area (Å²) in [5.41, 5.74) is 5.40. The molecular weight excluding hydrogens is 232 g/mol. The van der Waals surface area contributed by atoms with Gasteiger partial charge in [0.05, 0.1) is 13.2 Å². The van der Waals surface area contributed by atoms with E-state index in [0.29, 0.717) is 31.4 Å². The summed E-state index contributed by atoms with van der Waals surface area (Å²) >= 11 is 0. The van der Waals surface area contributed by atoms with Crippen molar-refractivity contribution in [3.63, 3.8) is 0 Å². The second-order valence-electron chi connectivity index (χ2n) is 4.52. The molecule has 0 radical (unpaired) electrons. The van der Waals surface area contributed by atoms with Crippen LogP contribution in [0.3, 0.4) is 0 Å². The highest BCUT2D eigenvalue weighted by molar-refractivity contribution is 5.91. The van der Waals surface area contributed by atoms with E-state index in [1.807, 2.05) is 0 Å². The summed E-state index contributed by atoms with van der Waals surface area (Å²) in [7, 11) is 0. The monoisotopic (exact) mass is 254 g/mol. The zero-order chi connectivity index (χ0) is 13.4. The first-order valence-electron chi connectivity index (χ1n) is 6.28. The number of rotatable bonds is 8. The fourth-order valence-electron chi connectivity index (χ4n) is 1.35. The number of hydrogen-bond acceptors (Lipinski definition) is 4. The van der Waals surface area contributed by atoms with E-state index >= 15 is 0 Å². The number of carbonyl (C=O) groups excluding carboxylic acids is 1. The molecule has 1 heterocycles. The van der Waals surface area contributed by atoms with E-state index in [0.717, 1.165) is 13.0 Å². The van der Waals surface area contributed by atoms with Crippen LogP contribution < -0.4 is 11.1 Å². The van der Waals surface area contributed by atoms with Crippen LogP contribution in [0.5, 0.6) is 0 Å². The molecule has 0 saturated carbocycles. The van der Waals surface area contributed by atoms with Crippen molar-refractivity contribution in [1.29, 1.82) is 0 Å². The maximum atomic E-state index is 11.6. The number of nitrogens with two attached hydrogens (primary N) is 1. The molecule has 0 fully saturated rings. The molecule has 0 aliphatic heterocycles. The summed E-state index contributed by atoms with van der Waals surface area (Å²) in [4.78, 5) is 11.6. The van der Waals surface area contributed by atoms with Crippen LogP contribution in [0.1, 0.15) is 36.6 Å². The van der Waals surface area contributed by atoms with Gasteiger partial charge < -0.3 is 20.2 Å². The Morgan fingerprint density at radius 1 is 1.44 bits per heavy atom. The van der Waals surface area contributed by atoms with Crippen LogP contribution in [0, 0.1) is 5.92 Å². The molecule has 5 heteroatoms. The van der Waals surface area contributed by atoms with Crippen molar-refractivity contribution >= 4 is 5.91 Å². The van der Waals surface area contributed by atoms with Crippen LogP contribution in [-0.2, 0) is 11.3 Å². The highest BCUT2D eigenvalue weighted by Gasteiger charge is 2.09. The van der Waals surface area contributed by atoms with Crippen LogP contribution >= 0.6 is 0 Å². The van der Waals surface area contributed by atoms with Crippen molar-refractivity contribution in [3.8, 4) is 0 Å². The van der Waals surface area contributed by atoms with Gasteiger partial charge in [0.15, 0.2) is 5.76 Å². The van der Waals surface area contributed by atoms with Crippen LogP contribution in [0.15, 0.2) is 16.5 Å². The van der Waals surface area contributed by atoms with Gasteiger partial charge in [-0.3, -0.25) is 4.79 Å². The van der Waals surface area contributed by atoms with E-state index in [2.05, 4.69) is 19.2 Å². The summed E-state index contributed by atoms with van der Waals surface area (Å²) in [5, 5.41) is 2.73. The van der Waals surface area contributed by atoms with Crippen molar-refractivity contribution in [2.45, 2.75) is 26.8 Å². The Labute approximate surface area is 108 Å². The molecule has 3 N–H and O–H groups in total. The van der Waals surface area contributed by atoms with E-state index in [9.17, 15) is 4.79 Å². The molecule has 5 nitrogen and oxygen atoms in total. The third-order valence-corrected chi connectivity index (χ3v) is 2.46. The van der Waals surface area contributed by atoms with Gasteiger partial charge in [0.2, 0.25) is 0 Å². The molecule has 0 bridgehead atoms. The fraction of sp³-hybridized carbons (Fsp3) is 0.615. The lowest BCUT2D eigenvalue weighted by Gasteiger charge is -2.06. The molecule has 102 valence electrons. The second kappa shape index (κ2) is 7.89. The molecule has 0 aliphatic carbocycles. The summed E-state index contributed by atoms with van der Waals surface area (Å²) in [5.74, 6) is 1.30. The molecule has 0 aliphatic rings. The van der Waals surface area contributed by atoms with Gasteiger partial charge in [-0.25, -0.2) is 0 Å². The maximum Gasteiger partial charge on any atom is 0.287 e. The highest BCUT2D eigenvalue weighted by atomic mass is 16.5. The van der Waals surface area contributed by atoms with Crippen molar-refractivity contribution < 1.29 is 13.9 Å². The van der Waals surface area contributed by atoms with Gasteiger partial charge in [-0.1, -0.05) is 13.8 Å². The minimum absolute atomic E-state index is 0.234. The average molecular weight is 254 g/mol. The fourth-order valence-corrected chi connectivity index (χ4v) is 1.35. The van der Waals surface area contributed by atoms with Crippen LogP contribution in [-0.4, -0.2) is 25.7 Å². The molecular formula is C13H22N2O3. The van der Waals surface area contributed by atoms with Gasteiger partial charge in [0.1, 0.15) is 5.76 Å². The normalized spacial score (nSPS) is 10.9. The number of hydrogen-bond donors (Lipinski definition) is 2. The van der Waals surface area contributed by atoms with Crippen molar-refractivity contribution in [2.24, 2.45) is 11.7 Å². The molecule has 0 spiro atoms. The number of furan rings is 1. The topological polar surface area (TPSA) is 77.5 Å². The number of carbonyl (C=O) groups is 1. The van der Waals surface area contributed by atoms with Gasteiger partial charge in [0.25, 0.3) is 5.91 Å². The van der Waals surface area contributed by atoms with Crippen molar-refractivity contribution in [2.75, 3.05) is 19.8 Å². The molecule has 0 saturated heterocycles. The molecule has 1 amide bonds. The highest BCUT2D eigenvalue weighted by Crippen LogP contribution is 2.06. The van der Waals surface area contributed by atoms with Crippen molar-refractivity contribution in [1.82, 2.24) is 5.32 Å². The first-order chi connectivity index (χ1) is 8.63. The van der Waals surface area contributed by atoms with Crippen LogP contribution in [0.2, 0.25) is 0 Å². The lowest BCUT2D eigenvalue weighted by molar-refractivity contribution is 0.0879. The summed E-state index contributed by atoms with van der Waals surface area (Å²) in [6.07, 6.45) is 1.03. The Morgan fingerprint density at radius 2 is 2.22 bits per heavy atom. The Morgan fingerprint density at radius 3 is 2.83 bits per heavy atom. The summed E-state index contributed by atoms with van der Waals surface area (Å²) in [6.45, 7) is 6.32. The lowest BCUT2D eigenvalue weighted by atomic mass is 10.1. The second-order valence-corrected chi connectivity index (χ2v) is 4.52. The van der Waals surface area contributed by atoms with E-state index in [1.54, 1.807) is 12.1 Å². The Bertz CT molecular complexity index is 361. The molecule has 1 aromatic rings. The van der Waals surface area contributed by atoms with Gasteiger partial charge >= 0.3 is 0 Å². The minimum Gasteiger partial charge on any atom is -0.455 e. The number of ether oxygens (including phenoxy) is 1. The maximum absolute atomic E-state index is 11.6. The van der Waals surface area contributed by atoms with Crippen molar-refractivity contribution in [3.05, 3.63) is 23.7 Å². The molecule has 18 heavy (non-hydrogen) atoms. The van der Waals surface area contributed by atoms with Gasteiger partial charge in [-0.15, -0.1) is 0 Å². The molecule has 1 aromatic heterocycles. The predicted octanol–water partition coefficient (Wildman–Crippen LogP) is 1.53. The van der Waals surface area contributed by atoms with Crippen LogP contribution in [0.25, 0.3) is 0 Å². The Kier molecular flexibility index (Phi) is 6.46. The van der Waals surface area contributed by atoms with E-state index in [4.69, 9.17) is 14.9 Å². The standard InChI is InChI=1S/C13H22N2O3/c1-10(2)5-7-17-8-6-15-13(16)12-4-3-11(9-14)18-12/h3-4,10H,5-9,14H2,1-2H3,(H,15,16). The van der Waals surface area contributed by atoms with Crippen LogP contribution in [0.4, 0.5) is 0 Å². The van der Waals surface area contributed by atoms with E-state index < -0.39 is 0 Å². The molecule has 0 atom stereocenters. The van der Waals surface area contributed by atoms with E-state index in [1.165, 1.54) is 0 Å². The number of nitrogens with one attached hydrogen (secondary N) is 1. The summed E-state index contributed by atoms with van der Waals surface area (Å²) in [6, 6.07) is 3.32. The Balaban J connectivity index is 2.13. The van der Waals surface area contributed by atoms with Gasteiger partial charge in [-0.05, 0) is 24.5 Å². The Hall–Kier alpha value is -1.33.